The van der Waals surface area contributed by atoms with E-state index in [0.717, 1.165) is 12.0 Å². The first-order chi connectivity index (χ1) is 21.3. The number of ether oxygens (including phenoxy) is 3. The van der Waals surface area contributed by atoms with Gasteiger partial charge in [0.2, 0.25) is 11.8 Å². The molecule has 1 unspecified atom stereocenters. The van der Waals surface area contributed by atoms with Gasteiger partial charge in [0.15, 0.2) is 5.76 Å². The molecular weight excluding hydrogens is 594 g/mol. The number of carbonyl (C=O) groups is 4. The molecule has 0 bridgehead atoms. The van der Waals surface area contributed by atoms with Crippen molar-refractivity contribution in [2.45, 2.75) is 85.5 Å². The number of hydrogen-bond acceptors (Lipinski definition) is 8. The Kier molecular flexibility index (Phi) is 18.4. The van der Waals surface area contributed by atoms with E-state index in [1.807, 2.05) is 65.8 Å². The number of amides is 3. The SMILES string of the molecule is C/C=C\C[C@@H](C/C=C\NC(=O)[C@@H](NC(=O)\C=C/C=C\C(C)=C\[C@H](C)C1CC=C(OC)C(=O)O1)C(C)(C)C)OC(=O)NCCCS. The summed E-state index contributed by atoms with van der Waals surface area (Å²) >= 11 is 4.13. The van der Waals surface area contributed by atoms with Crippen LogP contribution < -0.4 is 16.0 Å². The van der Waals surface area contributed by atoms with Crippen molar-refractivity contribution in [2.24, 2.45) is 11.3 Å². The van der Waals surface area contributed by atoms with Crippen molar-refractivity contribution in [2.75, 3.05) is 19.4 Å². The van der Waals surface area contributed by atoms with Crippen LogP contribution in [0.1, 0.15) is 67.2 Å². The summed E-state index contributed by atoms with van der Waals surface area (Å²) in [6, 6.07) is -0.802. The summed E-state index contributed by atoms with van der Waals surface area (Å²) in [5, 5.41) is 8.21. The largest absolute Gasteiger partial charge is 0.490 e. The fourth-order valence-corrected chi connectivity index (χ4v) is 4.38. The Morgan fingerprint density at radius 2 is 1.84 bits per heavy atom. The number of allylic oxidation sites excluding steroid dienone is 5. The van der Waals surface area contributed by atoms with Crippen molar-refractivity contribution in [1.82, 2.24) is 16.0 Å². The Balaban J connectivity index is 2.69. The van der Waals surface area contributed by atoms with Crippen molar-refractivity contribution in [3.8, 4) is 0 Å². The minimum atomic E-state index is -0.802. The first kappa shape index (κ1) is 39.3. The number of cyclic esters (lactones) is 1. The number of methoxy groups -OCH3 is 1. The molecule has 11 heteroatoms. The average Bonchev–Trinajstić information content (AvgIpc) is 2.98. The maximum atomic E-state index is 13.0. The van der Waals surface area contributed by atoms with Gasteiger partial charge in [-0.15, -0.1) is 0 Å². The summed E-state index contributed by atoms with van der Waals surface area (Å²) in [5.74, 6) is -0.359. The first-order valence-electron chi connectivity index (χ1n) is 15.2. The lowest BCUT2D eigenvalue weighted by molar-refractivity contribution is -0.151. The number of nitrogens with one attached hydrogen (secondary N) is 3. The van der Waals surface area contributed by atoms with Crippen molar-refractivity contribution in [1.29, 1.82) is 0 Å². The predicted octanol–water partition coefficient (Wildman–Crippen LogP) is 5.46. The highest BCUT2D eigenvalue weighted by atomic mass is 32.1. The quantitative estimate of drug-likeness (QED) is 0.0413. The molecule has 0 saturated carbocycles. The van der Waals surface area contributed by atoms with E-state index >= 15 is 0 Å². The highest BCUT2D eigenvalue weighted by Gasteiger charge is 2.32. The van der Waals surface area contributed by atoms with E-state index < -0.39 is 35.5 Å². The van der Waals surface area contributed by atoms with Gasteiger partial charge in [0.1, 0.15) is 18.2 Å². The topological polar surface area (TPSA) is 132 Å². The van der Waals surface area contributed by atoms with Crippen LogP contribution in [-0.4, -0.2) is 61.5 Å². The Hall–Kier alpha value is -3.73. The molecule has 3 amide bonds. The third kappa shape index (κ3) is 16.2. The second-order valence-corrected chi connectivity index (χ2v) is 12.2. The maximum Gasteiger partial charge on any atom is 0.407 e. The number of hydrogen-bond donors (Lipinski definition) is 4. The molecule has 250 valence electrons. The summed E-state index contributed by atoms with van der Waals surface area (Å²) < 4.78 is 15.9. The Bertz CT molecular complexity index is 1160. The number of alkyl carbamates (subject to hydrolysis) is 1. The lowest BCUT2D eigenvalue weighted by Crippen LogP contribution is -2.52. The van der Waals surface area contributed by atoms with Crippen LogP contribution in [0, 0.1) is 11.3 Å². The fourth-order valence-electron chi connectivity index (χ4n) is 4.22. The molecule has 0 aromatic carbocycles. The fraction of sp³-hybridized carbons (Fsp3) is 0.529. The van der Waals surface area contributed by atoms with Crippen molar-refractivity contribution >= 4 is 36.5 Å². The van der Waals surface area contributed by atoms with Gasteiger partial charge in [-0.2, -0.15) is 12.6 Å². The molecule has 1 aliphatic rings. The van der Waals surface area contributed by atoms with E-state index in [4.69, 9.17) is 14.2 Å². The second kappa shape index (κ2) is 21.1. The zero-order chi connectivity index (χ0) is 33.8. The van der Waals surface area contributed by atoms with E-state index in [1.54, 1.807) is 24.3 Å². The van der Waals surface area contributed by atoms with Crippen LogP contribution in [0.5, 0.6) is 0 Å². The summed E-state index contributed by atoms with van der Waals surface area (Å²) in [6.45, 7) is 11.9. The van der Waals surface area contributed by atoms with E-state index in [9.17, 15) is 19.2 Å². The second-order valence-electron chi connectivity index (χ2n) is 11.7. The molecule has 0 spiro atoms. The van der Waals surface area contributed by atoms with Gasteiger partial charge < -0.3 is 30.2 Å². The first-order valence-corrected chi connectivity index (χ1v) is 15.9. The molecule has 0 aromatic heterocycles. The zero-order valence-corrected chi connectivity index (χ0v) is 28.5. The van der Waals surface area contributed by atoms with Gasteiger partial charge in [-0.05, 0) is 43.7 Å². The Labute approximate surface area is 273 Å². The molecule has 1 aliphatic heterocycles. The normalized spacial score (nSPS) is 18.0. The van der Waals surface area contributed by atoms with Crippen LogP contribution >= 0.6 is 12.6 Å². The van der Waals surface area contributed by atoms with Gasteiger partial charge in [0.05, 0.1) is 7.11 Å². The molecule has 0 radical (unpaired) electrons. The molecule has 45 heavy (non-hydrogen) atoms. The summed E-state index contributed by atoms with van der Waals surface area (Å²) in [5.41, 5.74) is 0.383. The lowest BCUT2D eigenvalue weighted by atomic mass is 9.86. The van der Waals surface area contributed by atoms with Crippen molar-refractivity contribution in [3.05, 3.63) is 72.2 Å². The molecule has 0 aliphatic carbocycles. The lowest BCUT2D eigenvalue weighted by Gasteiger charge is -2.29. The molecule has 0 saturated heterocycles. The monoisotopic (exact) mass is 645 g/mol. The molecule has 10 nitrogen and oxygen atoms in total. The van der Waals surface area contributed by atoms with E-state index in [0.29, 0.717) is 31.6 Å². The van der Waals surface area contributed by atoms with Crippen LogP contribution in [-0.2, 0) is 28.6 Å². The van der Waals surface area contributed by atoms with Crippen molar-refractivity contribution < 1.29 is 33.4 Å². The zero-order valence-electron chi connectivity index (χ0n) is 27.6. The van der Waals surface area contributed by atoms with Gasteiger partial charge in [-0.3, -0.25) is 9.59 Å². The molecule has 0 aromatic rings. The van der Waals surface area contributed by atoms with Crippen LogP contribution in [0.4, 0.5) is 4.79 Å². The highest BCUT2D eigenvalue weighted by molar-refractivity contribution is 7.80. The van der Waals surface area contributed by atoms with Crippen LogP contribution in [0.2, 0.25) is 0 Å². The maximum absolute atomic E-state index is 13.0. The third-order valence-corrected chi connectivity index (χ3v) is 7.03. The van der Waals surface area contributed by atoms with E-state index in [-0.39, 0.29) is 23.7 Å². The van der Waals surface area contributed by atoms with Gasteiger partial charge in [-0.1, -0.05) is 75.8 Å². The summed E-state index contributed by atoms with van der Waals surface area (Å²) in [4.78, 5) is 49.6. The van der Waals surface area contributed by atoms with Crippen LogP contribution in [0.3, 0.4) is 0 Å². The Morgan fingerprint density at radius 1 is 1.16 bits per heavy atom. The van der Waals surface area contributed by atoms with E-state index in [2.05, 4.69) is 28.6 Å². The average molecular weight is 646 g/mol. The highest BCUT2D eigenvalue weighted by Crippen LogP contribution is 2.23. The molecule has 4 atom stereocenters. The van der Waals surface area contributed by atoms with Gasteiger partial charge >= 0.3 is 12.1 Å². The number of carbonyl (C=O) groups excluding carboxylic acids is 4. The number of rotatable bonds is 17. The minimum absolute atomic E-state index is 0.0141. The van der Waals surface area contributed by atoms with Gasteiger partial charge in [0.25, 0.3) is 0 Å². The molecule has 1 heterocycles. The molecule has 3 N–H and O–H groups in total. The summed E-state index contributed by atoms with van der Waals surface area (Å²) in [6.07, 6.45) is 18.4. The van der Waals surface area contributed by atoms with Crippen LogP contribution in [0.25, 0.3) is 0 Å². The standard InChI is InChI=1S/C34H51N3O7S/c1-8-9-15-26(43-33(41)36-21-13-22-45)16-12-20-35-31(39)30(34(4,5)6)37-29(38)17-11-10-14-24(2)23-25(3)27-18-19-28(42-7)32(40)44-27/h8-12,14,17,19-20,23,25-27,30,45H,13,15-16,18,21-22H2,1-7H3,(H,35,39)(H,36,41)(H,37,38)/b9-8-,14-10-,17-11-,20-12-,24-23+/t25-,26-,27?,30+/m0/s1. The van der Waals surface area contributed by atoms with E-state index in [1.165, 1.54) is 19.4 Å². The third-order valence-electron chi connectivity index (χ3n) is 6.71. The van der Waals surface area contributed by atoms with Gasteiger partial charge in [-0.25, -0.2) is 9.59 Å². The van der Waals surface area contributed by atoms with Crippen LogP contribution in [0.15, 0.2) is 72.2 Å². The van der Waals surface area contributed by atoms with Gasteiger partial charge in [0, 0.05) is 37.8 Å². The molecule has 1 rings (SSSR count). The molecular formula is C34H51N3O7S. The summed E-state index contributed by atoms with van der Waals surface area (Å²) in [7, 11) is 1.44. The molecule has 0 fully saturated rings. The minimum Gasteiger partial charge on any atom is -0.490 e. The predicted molar refractivity (Wildman–Crippen MR) is 180 cm³/mol. The van der Waals surface area contributed by atoms with Crippen molar-refractivity contribution in [3.63, 3.8) is 0 Å². The number of esters is 1. The smallest absolute Gasteiger partial charge is 0.407 e. The number of thiol groups is 1. The Morgan fingerprint density at radius 3 is 2.47 bits per heavy atom.